The molecule has 1 heterocycles. The monoisotopic (exact) mass is 245 g/mol. The van der Waals surface area contributed by atoms with Gasteiger partial charge in [0, 0.05) is 31.9 Å². The first kappa shape index (κ1) is 12.2. The van der Waals surface area contributed by atoms with E-state index in [1.54, 1.807) is 6.07 Å². The molecular weight excluding hydrogens is 231 g/mol. The van der Waals surface area contributed by atoms with Gasteiger partial charge in [-0.25, -0.2) is 5.01 Å². The smallest absolute Gasteiger partial charge is 0.319 e. The number of benzene rings is 1. The molecule has 0 spiro atoms. The van der Waals surface area contributed by atoms with E-state index in [0.717, 1.165) is 38.3 Å². The van der Waals surface area contributed by atoms with Crippen LogP contribution in [-0.4, -0.2) is 31.2 Å². The van der Waals surface area contributed by atoms with E-state index in [2.05, 4.69) is 10.7 Å². The molecule has 17 heavy (non-hydrogen) atoms. The summed E-state index contributed by atoms with van der Waals surface area (Å²) >= 11 is 0. The molecule has 0 bridgehead atoms. The molecular formula is C11H14F3N3. The van der Waals surface area contributed by atoms with Crippen molar-refractivity contribution in [2.75, 3.05) is 31.6 Å². The number of nitrogens with zero attached hydrogens (tertiary/aromatic N) is 1. The molecule has 0 amide bonds. The molecule has 1 aliphatic rings. The number of hydrogen-bond donors (Lipinski definition) is 2. The molecule has 0 radical (unpaired) electrons. The maximum atomic E-state index is 12.5. The highest BCUT2D eigenvalue weighted by Gasteiger charge is 2.30. The molecule has 0 unspecified atom stereocenters. The molecule has 0 aliphatic carbocycles. The van der Waals surface area contributed by atoms with E-state index in [0.29, 0.717) is 5.69 Å². The van der Waals surface area contributed by atoms with E-state index < -0.39 is 11.7 Å². The first-order valence-corrected chi connectivity index (χ1v) is 5.45. The van der Waals surface area contributed by atoms with Crippen molar-refractivity contribution in [1.82, 2.24) is 10.3 Å². The van der Waals surface area contributed by atoms with Gasteiger partial charge in [0.05, 0.1) is 5.56 Å². The summed E-state index contributed by atoms with van der Waals surface area (Å²) in [6.07, 6.45) is -4.29. The average Bonchev–Trinajstić information content (AvgIpc) is 2.29. The fourth-order valence-electron chi connectivity index (χ4n) is 1.72. The van der Waals surface area contributed by atoms with Crippen molar-refractivity contribution in [3.8, 4) is 0 Å². The topological polar surface area (TPSA) is 27.3 Å². The van der Waals surface area contributed by atoms with Crippen LogP contribution in [0.5, 0.6) is 0 Å². The minimum atomic E-state index is -4.29. The van der Waals surface area contributed by atoms with Crippen LogP contribution in [0.1, 0.15) is 5.56 Å². The van der Waals surface area contributed by atoms with Crippen molar-refractivity contribution < 1.29 is 13.2 Å². The van der Waals surface area contributed by atoms with Crippen LogP contribution in [0, 0.1) is 0 Å². The molecule has 2 N–H and O–H groups in total. The predicted molar refractivity (Wildman–Crippen MR) is 59.5 cm³/mol. The molecule has 94 valence electrons. The number of hydrogen-bond acceptors (Lipinski definition) is 3. The maximum Gasteiger partial charge on any atom is 0.416 e. The Morgan fingerprint density at radius 1 is 1.18 bits per heavy atom. The fraction of sp³-hybridized carbons (Fsp3) is 0.455. The SMILES string of the molecule is FC(F)(F)c1cccc(NN2CCNCC2)c1. The average molecular weight is 245 g/mol. The summed E-state index contributed by atoms with van der Waals surface area (Å²) < 4.78 is 37.5. The Kier molecular flexibility index (Phi) is 3.54. The minimum absolute atomic E-state index is 0.474. The second-order valence-corrected chi connectivity index (χ2v) is 3.93. The number of rotatable bonds is 2. The highest BCUT2D eigenvalue weighted by atomic mass is 19.4. The Hall–Kier alpha value is -1.27. The Balaban J connectivity index is 2.05. The number of piperazine rings is 1. The summed E-state index contributed by atoms with van der Waals surface area (Å²) in [4.78, 5) is 0. The first-order chi connectivity index (χ1) is 8.05. The Labute approximate surface area is 97.6 Å². The first-order valence-electron chi connectivity index (χ1n) is 5.45. The van der Waals surface area contributed by atoms with Gasteiger partial charge >= 0.3 is 6.18 Å². The highest BCUT2D eigenvalue weighted by Crippen LogP contribution is 2.30. The molecule has 0 aromatic heterocycles. The highest BCUT2D eigenvalue weighted by molar-refractivity contribution is 5.45. The molecule has 1 aromatic carbocycles. The van der Waals surface area contributed by atoms with E-state index in [1.165, 1.54) is 6.07 Å². The van der Waals surface area contributed by atoms with Gasteiger partial charge in [-0.3, -0.25) is 0 Å². The minimum Gasteiger partial charge on any atom is -0.319 e. The van der Waals surface area contributed by atoms with E-state index in [-0.39, 0.29) is 0 Å². The summed E-state index contributed by atoms with van der Waals surface area (Å²) in [5, 5.41) is 5.08. The van der Waals surface area contributed by atoms with Gasteiger partial charge in [0.25, 0.3) is 0 Å². The number of alkyl halides is 3. The van der Waals surface area contributed by atoms with Crippen LogP contribution in [0.2, 0.25) is 0 Å². The zero-order valence-corrected chi connectivity index (χ0v) is 9.22. The Morgan fingerprint density at radius 2 is 1.88 bits per heavy atom. The third-order valence-corrected chi connectivity index (χ3v) is 2.59. The second kappa shape index (κ2) is 4.93. The van der Waals surface area contributed by atoms with Crippen molar-refractivity contribution in [3.63, 3.8) is 0 Å². The fourth-order valence-corrected chi connectivity index (χ4v) is 1.72. The van der Waals surface area contributed by atoms with Gasteiger partial charge in [-0.15, -0.1) is 0 Å². The third-order valence-electron chi connectivity index (χ3n) is 2.59. The van der Waals surface area contributed by atoms with Gasteiger partial charge in [-0.2, -0.15) is 13.2 Å². The van der Waals surface area contributed by atoms with Gasteiger partial charge in [-0.1, -0.05) is 6.07 Å². The zero-order valence-electron chi connectivity index (χ0n) is 9.22. The van der Waals surface area contributed by atoms with Crippen LogP contribution in [0.25, 0.3) is 0 Å². The second-order valence-electron chi connectivity index (χ2n) is 3.93. The summed E-state index contributed by atoms with van der Waals surface area (Å²) in [6.45, 7) is 3.23. The molecule has 0 atom stereocenters. The van der Waals surface area contributed by atoms with Crippen molar-refractivity contribution in [2.45, 2.75) is 6.18 Å². The van der Waals surface area contributed by atoms with E-state index in [9.17, 15) is 13.2 Å². The quantitative estimate of drug-likeness (QED) is 0.833. The number of halogens is 3. The van der Waals surface area contributed by atoms with Crippen LogP contribution in [-0.2, 0) is 6.18 Å². The molecule has 1 saturated heterocycles. The third kappa shape index (κ3) is 3.34. The van der Waals surface area contributed by atoms with Crippen LogP contribution in [0.15, 0.2) is 24.3 Å². The lowest BCUT2D eigenvalue weighted by Gasteiger charge is -2.28. The summed E-state index contributed by atoms with van der Waals surface area (Å²) in [5.41, 5.74) is 2.83. The molecule has 6 heteroatoms. The largest absolute Gasteiger partial charge is 0.416 e. The normalized spacial score (nSPS) is 18.1. The number of nitrogens with one attached hydrogen (secondary N) is 2. The van der Waals surface area contributed by atoms with Gasteiger partial charge < -0.3 is 10.7 Å². The Bertz CT molecular complexity index is 372. The van der Waals surface area contributed by atoms with Crippen molar-refractivity contribution in [2.24, 2.45) is 0 Å². The Morgan fingerprint density at radius 3 is 2.53 bits per heavy atom. The lowest BCUT2D eigenvalue weighted by Crippen LogP contribution is -2.46. The lowest BCUT2D eigenvalue weighted by atomic mass is 10.2. The summed E-state index contributed by atoms with van der Waals surface area (Å²) in [6, 6.07) is 5.25. The van der Waals surface area contributed by atoms with E-state index >= 15 is 0 Å². The molecule has 3 nitrogen and oxygen atoms in total. The summed E-state index contributed by atoms with van der Waals surface area (Å²) in [7, 11) is 0. The van der Waals surface area contributed by atoms with Crippen LogP contribution >= 0.6 is 0 Å². The van der Waals surface area contributed by atoms with E-state index in [1.807, 2.05) is 5.01 Å². The molecule has 1 aromatic rings. The number of hydrazine groups is 1. The van der Waals surface area contributed by atoms with Gasteiger partial charge in [0.1, 0.15) is 0 Å². The van der Waals surface area contributed by atoms with Gasteiger partial charge in [0.15, 0.2) is 0 Å². The van der Waals surface area contributed by atoms with Crippen LogP contribution < -0.4 is 10.7 Å². The predicted octanol–water partition coefficient (Wildman–Crippen LogP) is 1.94. The molecule has 1 fully saturated rings. The van der Waals surface area contributed by atoms with Crippen molar-refractivity contribution >= 4 is 5.69 Å². The van der Waals surface area contributed by atoms with Gasteiger partial charge in [0.2, 0.25) is 0 Å². The maximum absolute atomic E-state index is 12.5. The lowest BCUT2D eigenvalue weighted by molar-refractivity contribution is -0.137. The van der Waals surface area contributed by atoms with Gasteiger partial charge in [-0.05, 0) is 18.2 Å². The van der Waals surface area contributed by atoms with Crippen LogP contribution in [0.4, 0.5) is 18.9 Å². The zero-order chi connectivity index (χ0) is 12.3. The van der Waals surface area contributed by atoms with E-state index in [4.69, 9.17) is 0 Å². The molecule has 1 aliphatic heterocycles. The number of anilines is 1. The summed E-state index contributed by atoms with van der Waals surface area (Å²) in [5.74, 6) is 0. The van der Waals surface area contributed by atoms with Crippen molar-refractivity contribution in [3.05, 3.63) is 29.8 Å². The molecule has 0 saturated carbocycles. The standard InChI is InChI=1S/C11H14F3N3/c12-11(13,14)9-2-1-3-10(8-9)16-17-6-4-15-5-7-17/h1-3,8,15-16H,4-7H2. The van der Waals surface area contributed by atoms with Crippen molar-refractivity contribution in [1.29, 1.82) is 0 Å². The van der Waals surface area contributed by atoms with Crippen LogP contribution in [0.3, 0.4) is 0 Å². The molecule has 2 rings (SSSR count).